The summed E-state index contributed by atoms with van der Waals surface area (Å²) < 4.78 is 18.1. The number of hydrogen-bond donors (Lipinski definition) is 3. The zero-order chi connectivity index (χ0) is 11.6. The SMILES string of the molecule is COc1c(O)c(C(O)CN)cc(Br)c1F. The van der Waals surface area contributed by atoms with Gasteiger partial charge in [0, 0.05) is 12.1 Å². The molecule has 0 spiro atoms. The summed E-state index contributed by atoms with van der Waals surface area (Å²) in [5.74, 6) is -1.47. The Morgan fingerprint density at radius 3 is 2.73 bits per heavy atom. The van der Waals surface area contributed by atoms with Crippen LogP contribution in [0.3, 0.4) is 0 Å². The molecule has 4 nitrogen and oxygen atoms in total. The van der Waals surface area contributed by atoms with Crippen LogP contribution in [0, 0.1) is 5.82 Å². The summed E-state index contributed by atoms with van der Waals surface area (Å²) in [6, 6.07) is 1.27. The molecule has 1 atom stereocenters. The molecule has 1 aromatic carbocycles. The highest BCUT2D eigenvalue weighted by Crippen LogP contribution is 2.39. The van der Waals surface area contributed by atoms with E-state index in [1.165, 1.54) is 13.2 Å². The molecule has 0 saturated carbocycles. The van der Waals surface area contributed by atoms with Crippen LogP contribution in [-0.4, -0.2) is 23.9 Å². The van der Waals surface area contributed by atoms with Gasteiger partial charge in [-0.15, -0.1) is 0 Å². The van der Waals surface area contributed by atoms with E-state index in [-0.39, 0.29) is 22.3 Å². The molecule has 0 aromatic heterocycles. The molecular formula is C9H11BrFNO3. The number of methoxy groups -OCH3 is 1. The maximum absolute atomic E-state index is 13.4. The number of rotatable bonds is 3. The van der Waals surface area contributed by atoms with Gasteiger partial charge in [0.1, 0.15) is 0 Å². The molecule has 4 N–H and O–H groups in total. The van der Waals surface area contributed by atoms with Crippen LogP contribution in [-0.2, 0) is 0 Å². The summed E-state index contributed by atoms with van der Waals surface area (Å²) in [5.41, 5.74) is 5.37. The highest BCUT2D eigenvalue weighted by molar-refractivity contribution is 9.10. The van der Waals surface area contributed by atoms with Gasteiger partial charge in [-0.05, 0) is 22.0 Å². The van der Waals surface area contributed by atoms with Crippen molar-refractivity contribution in [3.05, 3.63) is 21.9 Å². The number of nitrogens with two attached hydrogens (primary N) is 1. The Hall–Kier alpha value is -0.850. The molecule has 0 heterocycles. The van der Waals surface area contributed by atoms with Gasteiger partial charge in [-0.25, -0.2) is 4.39 Å². The molecule has 0 aliphatic rings. The average molecular weight is 280 g/mol. The van der Waals surface area contributed by atoms with E-state index in [9.17, 15) is 14.6 Å². The average Bonchev–Trinajstić information content (AvgIpc) is 2.23. The number of aromatic hydroxyl groups is 1. The molecule has 0 amide bonds. The van der Waals surface area contributed by atoms with Crippen molar-refractivity contribution in [2.24, 2.45) is 5.73 Å². The molecular weight excluding hydrogens is 269 g/mol. The number of hydrogen-bond acceptors (Lipinski definition) is 4. The molecule has 0 fully saturated rings. The molecule has 0 saturated heterocycles. The van der Waals surface area contributed by atoms with E-state index in [0.29, 0.717) is 0 Å². The number of aliphatic hydroxyl groups excluding tert-OH is 1. The van der Waals surface area contributed by atoms with Crippen LogP contribution in [0.4, 0.5) is 4.39 Å². The van der Waals surface area contributed by atoms with Crippen LogP contribution in [0.2, 0.25) is 0 Å². The maximum Gasteiger partial charge on any atom is 0.198 e. The first-order chi connectivity index (χ1) is 7.02. The van der Waals surface area contributed by atoms with Gasteiger partial charge in [0.2, 0.25) is 0 Å². The quantitative estimate of drug-likeness (QED) is 0.780. The fourth-order valence-corrected chi connectivity index (χ4v) is 1.61. The van der Waals surface area contributed by atoms with Crippen molar-refractivity contribution in [1.82, 2.24) is 0 Å². The minimum Gasteiger partial charge on any atom is -0.504 e. The maximum atomic E-state index is 13.4. The topological polar surface area (TPSA) is 75.7 Å². The molecule has 84 valence electrons. The van der Waals surface area contributed by atoms with Crippen molar-refractivity contribution in [3.63, 3.8) is 0 Å². The zero-order valence-electron chi connectivity index (χ0n) is 8.00. The van der Waals surface area contributed by atoms with Gasteiger partial charge in [-0.1, -0.05) is 0 Å². The van der Waals surface area contributed by atoms with Gasteiger partial charge in [0.25, 0.3) is 0 Å². The minimum atomic E-state index is -1.06. The number of phenols is 1. The van der Waals surface area contributed by atoms with Gasteiger partial charge in [-0.3, -0.25) is 0 Å². The molecule has 1 unspecified atom stereocenters. The smallest absolute Gasteiger partial charge is 0.198 e. The summed E-state index contributed by atoms with van der Waals surface area (Å²) in [6.07, 6.45) is -1.06. The third-order valence-corrected chi connectivity index (χ3v) is 2.54. The van der Waals surface area contributed by atoms with Gasteiger partial charge >= 0.3 is 0 Å². The second-order valence-corrected chi connectivity index (χ2v) is 3.75. The number of aliphatic hydroxyl groups is 1. The van der Waals surface area contributed by atoms with E-state index >= 15 is 0 Å². The predicted octanol–water partition coefficient (Wildman–Crippen LogP) is 1.29. The van der Waals surface area contributed by atoms with Crippen molar-refractivity contribution in [1.29, 1.82) is 0 Å². The fraction of sp³-hybridized carbons (Fsp3) is 0.333. The van der Waals surface area contributed by atoms with E-state index in [1.807, 2.05) is 0 Å². The van der Waals surface area contributed by atoms with E-state index in [1.54, 1.807) is 0 Å². The van der Waals surface area contributed by atoms with Crippen molar-refractivity contribution in [2.45, 2.75) is 6.10 Å². The van der Waals surface area contributed by atoms with Crippen LogP contribution in [0.25, 0.3) is 0 Å². The van der Waals surface area contributed by atoms with E-state index in [2.05, 4.69) is 20.7 Å². The van der Waals surface area contributed by atoms with E-state index in [4.69, 9.17) is 5.73 Å². The third kappa shape index (κ3) is 2.22. The first-order valence-corrected chi connectivity index (χ1v) is 4.95. The highest BCUT2D eigenvalue weighted by Gasteiger charge is 2.21. The summed E-state index contributed by atoms with van der Waals surface area (Å²) in [6.45, 7) is -0.0746. The minimum absolute atomic E-state index is 0.0746. The van der Waals surface area contributed by atoms with Crippen molar-refractivity contribution >= 4 is 15.9 Å². The first-order valence-electron chi connectivity index (χ1n) is 4.15. The molecule has 0 radical (unpaired) electrons. The van der Waals surface area contributed by atoms with Gasteiger partial charge in [0.05, 0.1) is 17.7 Å². The Labute approximate surface area is 94.6 Å². The van der Waals surface area contributed by atoms with Gasteiger partial charge in [-0.2, -0.15) is 0 Å². The molecule has 1 rings (SSSR count). The van der Waals surface area contributed by atoms with Crippen LogP contribution in [0.5, 0.6) is 11.5 Å². The number of benzene rings is 1. The molecule has 15 heavy (non-hydrogen) atoms. The Morgan fingerprint density at radius 2 is 2.27 bits per heavy atom. The second kappa shape index (κ2) is 4.78. The molecule has 0 aliphatic heterocycles. The lowest BCUT2D eigenvalue weighted by Gasteiger charge is -2.14. The lowest BCUT2D eigenvalue weighted by Crippen LogP contribution is -2.12. The number of ether oxygens (including phenoxy) is 1. The van der Waals surface area contributed by atoms with Crippen molar-refractivity contribution in [3.8, 4) is 11.5 Å². The monoisotopic (exact) mass is 279 g/mol. The normalized spacial score (nSPS) is 12.6. The fourth-order valence-electron chi connectivity index (χ4n) is 1.18. The Kier molecular flexibility index (Phi) is 3.90. The predicted molar refractivity (Wildman–Crippen MR) is 56.3 cm³/mol. The van der Waals surface area contributed by atoms with Crippen LogP contribution < -0.4 is 10.5 Å². The van der Waals surface area contributed by atoms with Crippen LogP contribution in [0.15, 0.2) is 10.5 Å². The van der Waals surface area contributed by atoms with Crippen molar-refractivity contribution in [2.75, 3.05) is 13.7 Å². The zero-order valence-corrected chi connectivity index (χ0v) is 9.58. The van der Waals surface area contributed by atoms with Gasteiger partial charge < -0.3 is 20.7 Å². The lowest BCUT2D eigenvalue weighted by molar-refractivity contribution is 0.181. The molecule has 1 aromatic rings. The molecule has 6 heteroatoms. The second-order valence-electron chi connectivity index (χ2n) is 2.89. The van der Waals surface area contributed by atoms with Gasteiger partial charge in [0.15, 0.2) is 17.3 Å². The van der Waals surface area contributed by atoms with Crippen molar-refractivity contribution < 1.29 is 19.3 Å². The Balaban J connectivity index is 3.36. The van der Waals surface area contributed by atoms with E-state index in [0.717, 1.165) is 0 Å². The lowest BCUT2D eigenvalue weighted by atomic mass is 10.1. The number of phenolic OH excluding ortho intramolecular Hbond substituents is 1. The molecule has 0 bridgehead atoms. The highest BCUT2D eigenvalue weighted by atomic mass is 79.9. The number of halogens is 2. The molecule has 0 aliphatic carbocycles. The Morgan fingerprint density at radius 1 is 1.67 bits per heavy atom. The summed E-state index contributed by atoms with van der Waals surface area (Å²) in [7, 11) is 1.23. The largest absolute Gasteiger partial charge is 0.504 e. The van der Waals surface area contributed by atoms with E-state index < -0.39 is 17.7 Å². The summed E-state index contributed by atoms with van der Waals surface area (Å²) in [4.78, 5) is 0. The first kappa shape index (κ1) is 12.2. The van der Waals surface area contributed by atoms with Crippen LogP contribution in [0.1, 0.15) is 11.7 Å². The third-order valence-electron chi connectivity index (χ3n) is 1.97. The van der Waals surface area contributed by atoms with Crippen LogP contribution >= 0.6 is 15.9 Å². The summed E-state index contributed by atoms with van der Waals surface area (Å²) >= 11 is 2.95. The Bertz CT molecular complexity index is 373. The standard InChI is InChI=1S/C9H11BrFNO3/c1-15-9-7(11)5(10)2-4(8(9)14)6(13)3-12/h2,6,13-14H,3,12H2,1H3. The summed E-state index contributed by atoms with van der Waals surface area (Å²) in [5, 5.41) is 19.1.